The van der Waals surface area contributed by atoms with Gasteiger partial charge in [-0.15, -0.1) is 0 Å². The SMILES string of the molecule is CCOc1cc(N)c(C=NC)cc1C(=O)OC. The molecule has 92 valence electrons. The number of carbonyl (C=O) groups is 1. The van der Waals surface area contributed by atoms with Gasteiger partial charge in [-0.3, -0.25) is 4.99 Å². The molecule has 0 aliphatic rings. The van der Waals surface area contributed by atoms with E-state index in [1.165, 1.54) is 7.11 Å². The first-order chi connectivity index (χ1) is 8.13. The number of anilines is 1. The molecular weight excluding hydrogens is 220 g/mol. The Bertz CT molecular complexity index is 442. The number of nitrogen functional groups attached to an aromatic ring is 1. The van der Waals surface area contributed by atoms with Gasteiger partial charge in [0.05, 0.1) is 13.7 Å². The molecule has 0 aliphatic heterocycles. The summed E-state index contributed by atoms with van der Waals surface area (Å²) in [5.41, 5.74) is 7.34. The smallest absolute Gasteiger partial charge is 0.341 e. The van der Waals surface area contributed by atoms with Gasteiger partial charge in [0.15, 0.2) is 0 Å². The highest BCUT2D eigenvalue weighted by molar-refractivity contribution is 5.97. The quantitative estimate of drug-likeness (QED) is 0.488. The summed E-state index contributed by atoms with van der Waals surface area (Å²) in [5.74, 6) is -0.0377. The first-order valence-electron chi connectivity index (χ1n) is 5.20. The number of hydrogen-bond acceptors (Lipinski definition) is 5. The summed E-state index contributed by atoms with van der Waals surface area (Å²) in [4.78, 5) is 15.5. The van der Waals surface area contributed by atoms with Crippen LogP contribution in [0, 0.1) is 0 Å². The third kappa shape index (κ3) is 2.96. The number of aliphatic imine (C=N–C) groups is 1. The van der Waals surface area contributed by atoms with Crippen molar-refractivity contribution in [2.45, 2.75) is 6.92 Å². The second-order valence-corrected chi connectivity index (χ2v) is 3.29. The van der Waals surface area contributed by atoms with Crippen molar-refractivity contribution >= 4 is 17.9 Å². The van der Waals surface area contributed by atoms with Crippen molar-refractivity contribution < 1.29 is 14.3 Å². The fraction of sp³-hybridized carbons (Fsp3) is 0.333. The molecule has 1 aromatic rings. The molecule has 0 radical (unpaired) electrons. The molecule has 2 N–H and O–H groups in total. The van der Waals surface area contributed by atoms with Crippen LogP contribution < -0.4 is 10.5 Å². The molecule has 0 heterocycles. The van der Waals surface area contributed by atoms with Gasteiger partial charge in [-0.25, -0.2) is 4.79 Å². The molecule has 0 spiro atoms. The molecule has 0 saturated carbocycles. The van der Waals surface area contributed by atoms with Gasteiger partial charge >= 0.3 is 5.97 Å². The molecule has 5 heteroatoms. The minimum Gasteiger partial charge on any atom is -0.493 e. The zero-order valence-corrected chi connectivity index (χ0v) is 10.2. The van der Waals surface area contributed by atoms with Crippen LogP contribution in [0.3, 0.4) is 0 Å². The van der Waals surface area contributed by atoms with E-state index in [0.717, 1.165) is 0 Å². The van der Waals surface area contributed by atoms with Crippen LogP contribution in [0.4, 0.5) is 5.69 Å². The Morgan fingerprint density at radius 3 is 2.76 bits per heavy atom. The molecule has 1 rings (SSSR count). The number of nitrogens with two attached hydrogens (primary N) is 1. The summed E-state index contributed by atoms with van der Waals surface area (Å²) >= 11 is 0. The summed E-state index contributed by atoms with van der Waals surface area (Å²) in [7, 11) is 2.95. The molecule has 0 aromatic heterocycles. The van der Waals surface area contributed by atoms with Crippen LogP contribution in [-0.2, 0) is 4.74 Å². The highest BCUT2D eigenvalue weighted by atomic mass is 16.5. The third-order valence-electron chi connectivity index (χ3n) is 2.16. The number of esters is 1. The van der Waals surface area contributed by atoms with Gasteiger partial charge in [0, 0.05) is 30.6 Å². The summed E-state index contributed by atoms with van der Waals surface area (Å²) < 4.78 is 10.0. The maximum atomic E-state index is 11.6. The maximum Gasteiger partial charge on any atom is 0.341 e. The van der Waals surface area contributed by atoms with E-state index in [4.69, 9.17) is 15.2 Å². The van der Waals surface area contributed by atoms with Crippen LogP contribution in [0.25, 0.3) is 0 Å². The fourth-order valence-electron chi connectivity index (χ4n) is 1.41. The molecule has 5 nitrogen and oxygen atoms in total. The Morgan fingerprint density at radius 2 is 2.24 bits per heavy atom. The summed E-state index contributed by atoms with van der Waals surface area (Å²) in [6, 6.07) is 3.21. The zero-order valence-electron chi connectivity index (χ0n) is 10.2. The van der Waals surface area contributed by atoms with Crippen LogP contribution >= 0.6 is 0 Å². The Labute approximate surface area is 100 Å². The predicted octanol–water partition coefficient (Wildman–Crippen LogP) is 1.50. The Hall–Kier alpha value is -2.04. The number of ether oxygens (including phenoxy) is 2. The van der Waals surface area contributed by atoms with E-state index >= 15 is 0 Å². The van der Waals surface area contributed by atoms with Gasteiger partial charge < -0.3 is 15.2 Å². The molecule has 0 unspecified atom stereocenters. The second-order valence-electron chi connectivity index (χ2n) is 3.29. The molecule has 0 aliphatic carbocycles. The maximum absolute atomic E-state index is 11.6. The van der Waals surface area contributed by atoms with Crippen molar-refractivity contribution in [3.63, 3.8) is 0 Å². The summed E-state index contributed by atoms with van der Waals surface area (Å²) in [6.07, 6.45) is 1.58. The normalized spacial score (nSPS) is 10.5. The van der Waals surface area contributed by atoms with Gasteiger partial charge in [0.25, 0.3) is 0 Å². The van der Waals surface area contributed by atoms with Crippen LogP contribution in [0.2, 0.25) is 0 Å². The number of carbonyl (C=O) groups excluding carboxylic acids is 1. The topological polar surface area (TPSA) is 73.9 Å². The van der Waals surface area contributed by atoms with Crippen molar-refractivity contribution in [1.29, 1.82) is 0 Å². The summed E-state index contributed by atoms with van der Waals surface area (Å²) in [5, 5.41) is 0. The lowest BCUT2D eigenvalue weighted by molar-refractivity contribution is 0.0596. The van der Waals surface area contributed by atoms with E-state index < -0.39 is 5.97 Å². The van der Waals surface area contributed by atoms with E-state index in [1.807, 2.05) is 6.92 Å². The Morgan fingerprint density at radius 1 is 1.53 bits per heavy atom. The minimum absolute atomic E-state index is 0.346. The first-order valence-corrected chi connectivity index (χ1v) is 5.20. The second kappa shape index (κ2) is 5.89. The third-order valence-corrected chi connectivity index (χ3v) is 2.16. The van der Waals surface area contributed by atoms with E-state index in [2.05, 4.69) is 4.99 Å². The van der Waals surface area contributed by atoms with E-state index in [1.54, 1.807) is 25.4 Å². The molecular formula is C12H16N2O3. The number of nitrogens with zero attached hydrogens (tertiary/aromatic N) is 1. The minimum atomic E-state index is -0.459. The highest BCUT2D eigenvalue weighted by Gasteiger charge is 2.15. The molecule has 1 aromatic carbocycles. The molecule has 0 fully saturated rings. The van der Waals surface area contributed by atoms with Crippen molar-refractivity contribution in [2.24, 2.45) is 4.99 Å². The highest BCUT2D eigenvalue weighted by Crippen LogP contribution is 2.25. The Kier molecular flexibility index (Phi) is 4.51. The molecule has 0 amide bonds. The van der Waals surface area contributed by atoms with Crippen LogP contribution in [0.5, 0.6) is 5.75 Å². The first kappa shape index (κ1) is 13.0. The average molecular weight is 236 g/mol. The van der Waals surface area contributed by atoms with Gasteiger partial charge in [0.2, 0.25) is 0 Å². The van der Waals surface area contributed by atoms with Gasteiger partial charge in [0.1, 0.15) is 11.3 Å². The van der Waals surface area contributed by atoms with Crippen molar-refractivity contribution in [3.8, 4) is 5.75 Å². The number of benzene rings is 1. The van der Waals surface area contributed by atoms with Gasteiger partial charge in [-0.1, -0.05) is 0 Å². The van der Waals surface area contributed by atoms with Gasteiger partial charge in [-0.2, -0.15) is 0 Å². The Balaban J connectivity index is 3.30. The van der Waals surface area contributed by atoms with Gasteiger partial charge in [-0.05, 0) is 13.0 Å². The number of methoxy groups -OCH3 is 1. The van der Waals surface area contributed by atoms with E-state index in [-0.39, 0.29) is 0 Å². The number of rotatable bonds is 4. The van der Waals surface area contributed by atoms with Crippen LogP contribution in [0.1, 0.15) is 22.8 Å². The van der Waals surface area contributed by atoms with Crippen LogP contribution in [-0.4, -0.2) is 32.9 Å². The number of hydrogen-bond donors (Lipinski definition) is 1. The lowest BCUT2D eigenvalue weighted by atomic mass is 10.1. The lowest BCUT2D eigenvalue weighted by Gasteiger charge is -2.11. The average Bonchev–Trinajstić information content (AvgIpc) is 2.32. The monoisotopic (exact) mass is 236 g/mol. The standard InChI is InChI=1S/C12H16N2O3/c1-4-17-11-6-10(13)8(7-14-2)5-9(11)12(15)16-3/h5-7H,4,13H2,1-3H3. The predicted molar refractivity (Wildman–Crippen MR) is 66.9 cm³/mol. The molecule has 17 heavy (non-hydrogen) atoms. The van der Waals surface area contributed by atoms with E-state index in [0.29, 0.717) is 29.2 Å². The van der Waals surface area contributed by atoms with Crippen LogP contribution in [0.15, 0.2) is 17.1 Å². The van der Waals surface area contributed by atoms with Crippen molar-refractivity contribution in [3.05, 3.63) is 23.3 Å². The van der Waals surface area contributed by atoms with E-state index in [9.17, 15) is 4.79 Å². The molecule has 0 saturated heterocycles. The molecule has 0 atom stereocenters. The van der Waals surface area contributed by atoms with Crippen molar-refractivity contribution in [1.82, 2.24) is 0 Å². The summed E-state index contributed by atoms with van der Waals surface area (Å²) in [6.45, 7) is 2.28. The van der Waals surface area contributed by atoms with Crippen molar-refractivity contribution in [2.75, 3.05) is 26.5 Å². The zero-order chi connectivity index (χ0) is 12.8. The fourth-order valence-corrected chi connectivity index (χ4v) is 1.41. The largest absolute Gasteiger partial charge is 0.493 e. The lowest BCUT2D eigenvalue weighted by Crippen LogP contribution is -2.08. The molecule has 0 bridgehead atoms.